The molecule has 1 aliphatic carbocycles. The SMILES string of the molecule is CC(C)(C)c1cc(NC(=O)c2nn(-c3ccc(F)cc3)c3c2CCC3)n(-c2ncccn2)n1. The van der Waals surface area contributed by atoms with Crippen molar-refractivity contribution in [2.45, 2.75) is 45.4 Å². The monoisotopic (exact) mass is 445 g/mol. The van der Waals surface area contributed by atoms with Crippen LogP contribution in [0.1, 0.15) is 54.6 Å². The number of carbonyl (C=O) groups excluding carboxylic acids is 1. The van der Waals surface area contributed by atoms with Crippen LogP contribution in [0.2, 0.25) is 0 Å². The molecule has 3 heterocycles. The van der Waals surface area contributed by atoms with Crippen molar-refractivity contribution in [1.82, 2.24) is 29.5 Å². The topological polar surface area (TPSA) is 90.5 Å². The molecule has 0 spiro atoms. The lowest BCUT2D eigenvalue weighted by Gasteiger charge is -2.13. The first-order valence-corrected chi connectivity index (χ1v) is 10.9. The number of hydrogen-bond acceptors (Lipinski definition) is 5. The van der Waals surface area contributed by atoms with Gasteiger partial charge >= 0.3 is 0 Å². The van der Waals surface area contributed by atoms with Crippen LogP contribution in [0, 0.1) is 5.82 Å². The number of nitrogens with one attached hydrogen (secondary N) is 1. The largest absolute Gasteiger partial charge is 0.305 e. The Hall–Kier alpha value is -3.88. The van der Waals surface area contributed by atoms with Crippen molar-refractivity contribution in [3.63, 3.8) is 0 Å². The molecule has 0 bridgehead atoms. The number of benzene rings is 1. The van der Waals surface area contributed by atoms with E-state index in [9.17, 15) is 9.18 Å². The Bertz CT molecular complexity index is 1320. The minimum Gasteiger partial charge on any atom is -0.305 e. The molecule has 0 fully saturated rings. The highest BCUT2D eigenvalue weighted by atomic mass is 19.1. The first-order chi connectivity index (χ1) is 15.8. The van der Waals surface area contributed by atoms with Gasteiger partial charge in [0, 0.05) is 35.1 Å². The molecule has 1 N–H and O–H groups in total. The van der Waals surface area contributed by atoms with Gasteiger partial charge in [-0.2, -0.15) is 14.9 Å². The molecule has 4 aromatic rings. The predicted molar refractivity (Wildman–Crippen MR) is 121 cm³/mol. The number of rotatable bonds is 4. The van der Waals surface area contributed by atoms with E-state index in [-0.39, 0.29) is 17.1 Å². The molecule has 0 unspecified atom stereocenters. The van der Waals surface area contributed by atoms with Crippen LogP contribution < -0.4 is 5.32 Å². The number of fused-ring (bicyclic) bond motifs is 1. The lowest BCUT2D eigenvalue weighted by Crippen LogP contribution is -2.18. The van der Waals surface area contributed by atoms with Crippen molar-refractivity contribution >= 4 is 11.7 Å². The van der Waals surface area contributed by atoms with Gasteiger partial charge in [0.1, 0.15) is 11.6 Å². The van der Waals surface area contributed by atoms with Gasteiger partial charge in [-0.25, -0.2) is 19.0 Å². The van der Waals surface area contributed by atoms with Crippen LogP contribution in [0.25, 0.3) is 11.6 Å². The fourth-order valence-electron chi connectivity index (χ4n) is 3.98. The van der Waals surface area contributed by atoms with E-state index in [1.165, 1.54) is 16.8 Å². The zero-order valence-corrected chi connectivity index (χ0v) is 18.7. The zero-order chi connectivity index (χ0) is 23.2. The van der Waals surface area contributed by atoms with E-state index >= 15 is 0 Å². The second kappa shape index (κ2) is 7.91. The minimum absolute atomic E-state index is 0.231. The Morgan fingerprint density at radius 2 is 1.76 bits per heavy atom. The second-order valence-corrected chi connectivity index (χ2v) is 9.10. The normalized spacial score (nSPS) is 13.2. The summed E-state index contributed by atoms with van der Waals surface area (Å²) in [5, 5.41) is 12.2. The standard InChI is InChI=1S/C24H24FN7O/c1-24(2,3)19-14-20(32(29-19)23-26-12-5-13-27-23)28-22(33)21-17-6-4-7-18(17)31(30-21)16-10-8-15(25)9-11-16/h5,8-14H,4,6-7H2,1-3H3,(H,28,33). The van der Waals surface area contributed by atoms with Crippen LogP contribution >= 0.6 is 0 Å². The summed E-state index contributed by atoms with van der Waals surface area (Å²) < 4.78 is 16.7. The van der Waals surface area contributed by atoms with Crippen LogP contribution in [0.4, 0.5) is 10.2 Å². The first-order valence-electron chi connectivity index (χ1n) is 10.9. The molecule has 0 atom stereocenters. The van der Waals surface area contributed by atoms with Crippen molar-refractivity contribution in [2.75, 3.05) is 5.32 Å². The highest BCUT2D eigenvalue weighted by Gasteiger charge is 2.29. The van der Waals surface area contributed by atoms with E-state index in [0.717, 1.165) is 41.9 Å². The Labute approximate surface area is 190 Å². The van der Waals surface area contributed by atoms with Gasteiger partial charge in [0.2, 0.25) is 0 Å². The number of carbonyl (C=O) groups is 1. The molecular formula is C24H24FN7O. The Kier molecular flexibility index (Phi) is 5.03. The Balaban J connectivity index is 1.53. The molecular weight excluding hydrogens is 421 g/mol. The van der Waals surface area contributed by atoms with E-state index in [0.29, 0.717) is 17.5 Å². The lowest BCUT2D eigenvalue weighted by molar-refractivity contribution is 0.102. The maximum atomic E-state index is 13.4. The minimum atomic E-state index is -0.327. The van der Waals surface area contributed by atoms with Gasteiger partial charge in [-0.15, -0.1) is 0 Å². The van der Waals surface area contributed by atoms with E-state index in [1.807, 2.05) is 26.8 Å². The molecule has 3 aromatic heterocycles. The molecule has 1 amide bonds. The number of anilines is 1. The van der Waals surface area contributed by atoms with Crippen molar-refractivity contribution in [3.05, 3.63) is 77.3 Å². The third-order valence-electron chi connectivity index (χ3n) is 5.68. The maximum Gasteiger partial charge on any atom is 0.277 e. The van der Waals surface area contributed by atoms with E-state index in [4.69, 9.17) is 0 Å². The van der Waals surface area contributed by atoms with Gasteiger partial charge in [-0.3, -0.25) is 4.79 Å². The molecule has 9 heteroatoms. The molecule has 0 saturated carbocycles. The second-order valence-electron chi connectivity index (χ2n) is 9.10. The highest BCUT2D eigenvalue weighted by Crippen LogP contribution is 2.30. The first kappa shape index (κ1) is 21.0. The quantitative estimate of drug-likeness (QED) is 0.512. The third kappa shape index (κ3) is 3.90. The number of nitrogens with zero attached hydrogens (tertiary/aromatic N) is 6. The molecule has 168 valence electrons. The third-order valence-corrected chi connectivity index (χ3v) is 5.68. The number of halogens is 1. The molecule has 1 aliphatic rings. The van der Waals surface area contributed by atoms with Gasteiger partial charge in [0.25, 0.3) is 11.9 Å². The van der Waals surface area contributed by atoms with E-state index < -0.39 is 0 Å². The molecule has 0 aliphatic heterocycles. The van der Waals surface area contributed by atoms with Crippen molar-refractivity contribution in [2.24, 2.45) is 0 Å². The average Bonchev–Trinajstić information content (AvgIpc) is 3.50. The van der Waals surface area contributed by atoms with E-state index in [1.54, 1.807) is 35.3 Å². The van der Waals surface area contributed by atoms with Crippen LogP contribution in [-0.2, 0) is 18.3 Å². The number of amides is 1. The number of aromatic nitrogens is 6. The maximum absolute atomic E-state index is 13.4. The summed E-state index contributed by atoms with van der Waals surface area (Å²) in [5.41, 5.74) is 3.58. The Morgan fingerprint density at radius 1 is 1.03 bits per heavy atom. The lowest BCUT2D eigenvalue weighted by atomic mass is 9.92. The molecule has 0 saturated heterocycles. The summed E-state index contributed by atoms with van der Waals surface area (Å²) in [7, 11) is 0. The fraction of sp³-hybridized carbons (Fsp3) is 0.292. The van der Waals surface area contributed by atoms with E-state index in [2.05, 4.69) is 25.5 Å². The molecule has 0 radical (unpaired) electrons. The van der Waals surface area contributed by atoms with Crippen molar-refractivity contribution < 1.29 is 9.18 Å². The van der Waals surface area contributed by atoms with Crippen LogP contribution in [0.5, 0.6) is 0 Å². The molecule has 33 heavy (non-hydrogen) atoms. The summed E-state index contributed by atoms with van der Waals surface area (Å²) in [6, 6.07) is 9.68. The average molecular weight is 446 g/mol. The molecule has 5 rings (SSSR count). The van der Waals surface area contributed by atoms with Gasteiger partial charge in [-0.05, 0) is 49.6 Å². The number of hydrogen-bond donors (Lipinski definition) is 1. The van der Waals surface area contributed by atoms with Gasteiger partial charge in [-0.1, -0.05) is 20.8 Å². The van der Waals surface area contributed by atoms with Gasteiger partial charge in [0.15, 0.2) is 5.69 Å². The van der Waals surface area contributed by atoms with Crippen LogP contribution in [0.3, 0.4) is 0 Å². The Morgan fingerprint density at radius 3 is 2.45 bits per heavy atom. The zero-order valence-electron chi connectivity index (χ0n) is 18.7. The molecule has 8 nitrogen and oxygen atoms in total. The van der Waals surface area contributed by atoms with Crippen LogP contribution in [-0.4, -0.2) is 35.4 Å². The predicted octanol–water partition coefficient (Wildman–Crippen LogP) is 4.03. The summed E-state index contributed by atoms with van der Waals surface area (Å²) >= 11 is 0. The summed E-state index contributed by atoms with van der Waals surface area (Å²) in [5.74, 6) is 0.197. The van der Waals surface area contributed by atoms with Crippen LogP contribution in [0.15, 0.2) is 48.8 Å². The smallest absolute Gasteiger partial charge is 0.277 e. The fourth-order valence-corrected chi connectivity index (χ4v) is 3.98. The molecule has 1 aromatic carbocycles. The van der Waals surface area contributed by atoms with Gasteiger partial charge < -0.3 is 5.32 Å². The van der Waals surface area contributed by atoms with Crippen molar-refractivity contribution in [3.8, 4) is 11.6 Å². The van der Waals surface area contributed by atoms with Crippen molar-refractivity contribution in [1.29, 1.82) is 0 Å². The summed E-state index contributed by atoms with van der Waals surface area (Å²) in [6.45, 7) is 6.15. The van der Waals surface area contributed by atoms with Gasteiger partial charge in [0.05, 0.1) is 11.4 Å². The highest BCUT2D eigenvalue weighted by molar-refractivity contribution is 6.04. The summed E-state index contributed by atoms with van der Waals surface area (Å²) in [4.78, 5) is 21.9. The summed E-state index contributed by atoms with van der Waals surface area (Å²) in [6.07, 6.45) is 5.79.